The molecule has 2 heterocycles. The summed E-state index contributed by atoms with van der Waals surface area (Å²) in [5.74, 6) is 0.229. The van der Waals surface area contributed by atoms with Gasteiger partial charge in [-0.2, -0.15) is 0 Å². The predicted molar refractivity (Wildman–Crippen MR) is 198 cm³/mol. The van der Waals surface area contributed by atoms with Gasteiger partial charge in [-0.15, -0.1) is 0 Å². The van der Waals surface area contributed by atoms with Gasteiger partial charge in [-0.1, -0.05) is 60.1 Å². The van der Waals surface area contributed by atoms with Crippen LogP contribution in [0.2, 0.25) is 0 Å². The van der Waals surface area contributed by atoms with E-state index in [1.165, 1.54) is 5.57 Å². The topological polar surface area (TPSA) is 216 Å². The van der Waals surface area contributed by atoms with Crippen LogP contribution in [0.5, 0.6) is 0 Å². The quantitative estimate of drug-likeness (QED) is 0.138. The number of carboxylic acids is 1. The summed E-state index contributed by atoms with van der Waals surface area (Å²) in [5.41, 5.74) is 1.14. The van der Waals surface area contributed by atoms with E-state index in [0.717, 1.165) is 51.4 Å². The van der Waals surface area contributed by atoms with Crippen LogP contribution in [0.15, 0.2) is 11.6 Å². The van der Waals surface area contributed by atoms with E-state index >= 15 is 0 Å². The number of aliphatic carboxylic acids is 1. The number of aliphatic hydroxyl groups excluding tert-OH is 7. The standard InChI is InChI=1S/C42H68O13/c1-38(2)16-21-20(22(17-38)35(50)51)10-14-41(6)23(21)8-9-27-40(5)13-12-28(39(3,4)26(40)11-15-42(27,41)7)54-37-33(49)34(30(46)25(19-44)53-37)55-36-32(48)31(47)29(45)24(18-43)52-36/h8,20-22,24-34,36-37,43-49H,9-19H2,1-7H3,(H,50,51)/t20?,21-,22-,24-,25-,26?,27?,28+,29-,30-,31+,32-,33-,34+,36+,37?,40+,41-,42-/m1/s1. The number of ether oxygens (including phenoxy) is 4. The molecule has 0 amide bonds. The Balaban J connectivity index is 1.10. The van der Waals surface area contributed by atoms with Crippen LogP contribution in [0.4, 0.5) is 0 Å². The maximum Gasteiger partial charge on any atom is 0.306 e. The third-order valence-corrected chi connectivity index (χ3v) is 17.0. The summed E-state index contributed by atoms with van der Waals surface area (Å²) in [6.45, 7) is 15.1. The van der Waals surface area contributed by atoms with Gasteiger partial charge in [-0.05, 0) is 109 Å². The average Bonchev–Trinajstić information content (AvgIpc) is 3.11. The highest BCUT2D eigenvalue weighted by Gasteiger charge is 2.68. The van der Waals surface area contributed by atoms with Gasteiger partial charge in [0.2, 0.25) is 0 Å². The van der Waals surface area contributed by atoms with Crippen LogP contribution < -0.4 is 0 Å². The van der Waals surface area contributed by atoms with Crippen molar-refractivity contribution >= 4 is 5.97 Å². The van der Waals surface area contributed by atoms with E-state index in [0.29, 0.717) is 18.3 Å². The van der Waals surface area contributed by atoms with E-state index < -0.39 is 80.6 Å². The highest BCUT2D eigenvalue weighted by Crippen LogP contribution is 2.75. The Labute approximate surface area is 325 Å². The van der Waals surface area contributed by atoms with Crippen LogP contribution >= 0.6 is 0 Å². The lowest BCUT2D eigenvalue weighted by molar-refractivity contribution is -0.369. The van der Waals surface area contributed by atoms with Gasteiger partial charge in [0.05, 0.1) is 25.2 Å². The van der Waals surface area contributed by atoms with Crippen LogP contribution in [0.3, 0.4) is 0 Å². The average molecular weight is 781 g/mol. The maximum absolute atomic E-state index is 12.5. The smallest absolute Gasteiger partial charge is 0.306 e. The fourth-order valence-electron chi connectivity index (χ4n) is 13.9. The van der Waals surface area contributed by atoms with Crippen molar-refractivity contribution in [2.24, 2.45) is 56.7 Å². The summed E-state index contributed by atoms with van der Waals surface area (Å²) in [6.07, 6.45) is -4.54. The first-order chi connectivity index (χ1) is 25.6. The van der Waals surface area contributed by atoms with Crippen molar-refractivity contribution in [1.29, 1.82) is 0 Å². The van der Waals surface area contributed by atoms with E-state index in [1.54, 1.807) is 0 Å². The van der Waals surface area contributed by atoms with Crippen LogP contribution in [0, 0.1) is 56.7 Å². The number of carboxylic acid groups (broad SMARTS) is 1. The van der Waals surface area contributed by atoms with Crippen molar-refractivity contribution in [2.75, 3.05) is 13.2 Å². The Bertz CT molecular complexity index is 1470. The van der Waals surface area contributed by atoms with E-state index in [9.17, 15) is 45.6 Å². The molecule has 8 N–H and O–H groups in total. The largest absolute Gasteiger partial charge is 0.481 e. The molecular weight excluding hydrogens is 712 g/mol. The highest BCUT2D eigenvalue weighted by atomic mass is 16.7. The Morgan fingerprint density at radius 3 is 2.02 bits per heavy atom. The van der Waals surface area contributed by atoms with Crippen LogP contribution in [-0.4, -0.2) is 128 Å². The second-order valence-electron chi connectivity index (χ2n) is 20.6. The molecule has 0 aromatic rings. The number of allylic oxidation sites excluding steroid dienone is 2. The summed E-state index contributed by atoms with van der Waals surface area (Å²) in [4.78, 5) is 12.5. The zero-order valence-corrected chi connectivity index (χ0v) is 33.7. The van der Waals surface area contributed by atoms with Gasteiger partial charge in [-0.25, -0.2) is 0 Å². The molecular formula is C42H68O13. The maximum atomic E-state index is 12.5. The predicted octanol–water partition coefficient (Wildman–Crippen LogP) is 2.74. The van der Waals surface area contributed by atoms with Crippen LogP contribution in [-0.2, 0) is 23.7 Å². The molecule has 7 rings (SSSR count). The summed E-state index contributed by atoms with van der Waals surface area (Å²) in [5, 5.41) is 83.9. The molecule has 0 radical (unpaired) electrons. The molecule has 0 bridgehead atoms. The monoisotopic (exact) mass is 780 g/mol. The zero-order chi connectivity index (χ0) is 40.2. The van der Waals surface area contributed by atoms with Crippen molar-refractivity contribution in [3.8, 4) is 0 Å². The first-order valence-electron chi connectivity index (χ1n) is 20.8. The molecule has 0 aromatic carbocycles. The second kappa shape index (κ2) is 14.5. The van der Waals surface area contributed by atoms with Crippen molar-refractivity contribution in [2.45, 2.75) is 174 Å². The minimum absolute atomic E-state index is 0.0156. The van der Waals surface area contributed by atoms with E-state index in [1.807, 2.05) is 0 Å². The molecule has 13 nitrogen and oxygen atoms in total. The molecule has 0 aromatic heterocycles. The Morgan fingerprint density at radius 1 is 0.745 bits per heavy atom. The minimum atomic E-state index is -1.75. The van der Waals surface area contributed by atoms with Gasteiger partial charge in [-0.3, -0.25) is 4.79 Å². The number of rotatable bonds is 7. The third kappa shape index (κ3) is 6.49. The molecule has 0 spiro atoms. The first-order valence-corrected chi connectivity index (χ1v) is 20.8. The fraction of sp³-hybridized carbons (Fsp3) is 0.929. The van der Waals surface area contributed by atoms with Gasteiger partial charge in [0.25, 0.3) is 0 Å². The Kier molecular flexibility index (Phi) is 11.0. The molecule has 6 fully saturated rings. The number of carbonyl (C=O) groups is 1. The summed E-state index contributed by atoms with van der Waals surface area (Å²) in [6, 6.07) is 0. The third-order valence-electron chi connectivity index (χ3n) is 17.0. The SMILES string of the molecule is CC1(C)C[C@@H](C(=O)O)C2CC[C@]3(C)C(=CCC4[C@@]5(C)CC[C@H](OC6O[C@H](CO)[C@@H](O)[C@H](O[C@@H]7O[C@H](CO)[C@@H](O)[C@H](O)[C@H]7O)[C@H]6O)C(C)(C)C5CC[C@]43C)[C@@H]2C1. The minimum Gasteiger partial charge on any atom is -0.481 e. The lowest BCUT2D eigenvalue weighted by atomic mass is 9.34. The van der Waals surface area contributed by atoms with Crippen molar-refractivity contribution in [1.82, 2.24) is 0 Å². The number of hydrogen-bond donors (Lipinski definition) is 8. The number of hydrogen-bond acceptors (Lipinski definition) is 12. The molecule has 4 saturated carbocycles. The van der Waals surface area contributed by atoms with Crippen molar-refractivity contribution < 1.29 is 64.6 Å². The van der Waals surface area contributed by atoms with Gasteiger partial charge in [0.1, 0.15) is 48.8 Å². The number of aliphatic hydroxyl groups is 7. The zero-order valence-electron chi connectivity index (χ0n) is 33.7. The molecule has 13 heteroatoms. The molecule has 5 aliphatic carbocycles. The second-order valence-corrected chi connectivity index (χ2v) is 20.6. The van der Waals surface area contributed by atoms with Gasteiger partial charge >= 0.3 is 5.97 Å². The highest BCUT2D eigenvalue weighted by molar-refractivity contribution is 5.71. The lowest BCUT2D eigenvalue weighted by Gasteiger charge is -2.71. The normalized spacial score (nSPS) is 53.2. The molecule has 19 atom stereocenters. The Hall–Kier alpha value is -1.23. The molecule has 4 unspecified atom stereocenters. The van der Waals surface area contributed by atoms with E-state index in [2.05, 4.69) is 54.5 Å². The van der Waals surface area contributed by atoms with Crippen LogP contribution in [0.1, 0.15) is 106 Å². The Morgan fingerprint density at radius 2 is 1.38 bits per heavy atom. The van der Waals surface area contributed by atoms with Gasteiger partial charge < -0.3 is 59.8 Å². The van der Waals surface area contributed by atoms with E-state index in [-0.39, 0.29) is 50.9 Å². The molecule has 55 heavy (non-hydrogen) atoms. The van der Waals surface area contributed by atoms with Crippen molar-refractivity contribution in [3.63, 3.8) is 0 Å². The fourth-order valence-corrected chi connectivity index (χ4v) is 13.9. The summed E-state index contributed by atoms with van der Waals surface area (Å²) in [7, 11) is 0. The van der Waals surface area contributed by atoms with E-state index in [4.69, 9.17) is 18.9 Å². The molecule has 2 aliphatic heterocycles. The molecule has 2 saturated heterocycles. The summed E-state index contributed by atoms with van der Waals surface area (Å²) >= 11 is 0. The van der Waals surface area contributed by atoms with Gasteiger partial charge in [0, 0.05) is 0 Å². The summed E-state index contributed by atoms with van der Waals surface area (Å²) < 4.78 is 24.0. The molecule has 314 valence electrons. The molecule has 7 aliphatic rings. The van der Waals surface area contributed by atoms with Crippen LogP contribution in [0.25, 0.3) is 0 Å². The van der Waals surface area contributed by atoms with Gasteiger partial charge in [0.15, 0.2) is 12.6 Å². The lowest BCUT2D eigenvalue weighted by Crippen LogP contribution is -2.66. The first kappa shape index (κ1) is 41.9. The number of fused-ring (bicyclic) bond motifs is 7. The van der Waals surface area contributed by atoms with Crippen molar-refractivity contribution in [3.05, 3.63) is 11.6 Å².